The lowest BCUT2D eigenvalue weighted by molar-refractivity contribution is -0.138. The molecule has 5 heteroatoms. The summed E-state index contributed by atoms with van der Waals surface area (Å²) in [7, 11) is 0. The Hall–Kier alpha value is -1.58. The van der Waals surface area contributed by atoms with E-state index in [0.717, 1.165) is 5.56 Å². The third-order valence-electron chi connectivity index (χ3n) is 3.00. The van der Waals surface area contributed by atoms with Crippen LogP contribution in [0, 0.1) is 5.82 Å². The molecule has 0 aliphatic carbocycles. The third-order valence-corrected chi connectivity index (χ3v) is 3.58. The Morgan fingerprint density at radius 2 is 1.80 bits per heavy atom. The van der Waals surface area contributed by atoms with Crippen molar-refractivity contribution in [3.05, 3.63) is 69.5 Å². The number of carbonyl (C=O) groups is 1. The fourth-order valence-corrected chi connectivity index (χ4v) is 2.43. The van der Waals surface area contributed by atoms with Crippen LogP contribution in [-0.2, 0) is 11.2 Å². The summed E-state index contributed by atoms with van der Waals surface area (Å²) in [4.78, 5) is 11.4. The smallest absolute Gasteiger partial charge is 0.311 e. The van der Waals surface area contributed by atoms with E-state index in [1.54, 1.807) is 24.3 Å². The fourth-order valence-electron chi connectivity index (χ4n) is 2.01. The van der Waals surface area contributed by atoms with Crippen molar-refractivity contribution in [2.45, 2.75) is 12.3 Å². The van der Waals surface area contributed by atoms with E-state index in [-0.39, 0.29) is 17.0 Å². The van der Waals surface area contributed by atoms with Crippen LogP contribution in [0.2, 0.25) is 10.0 Å². The van der Waals surface area contributed by atoms with E-state index >= 15 is 0 Å². The van der Waals surface area contributed by atoms with Crippen LogP contribution in [0.5, 0.6) is 0 Å². The minimum atomic E-state index is -1.12. The van der Waals surface area contributed by atoms with Gasteiger partial charge < -0.3 is 5.11 Å². The monoisotopic (exact) mass is 312 g/mol. The average molecular weight is 313 g/mol. The standard InChI is InChI=1S/C15H11Cl2FO2/c16-10-6-4-9(5-7-10)8-11(15(19)20)14-12(17)2-1-3-13(14)18/h1-7,11H,8H2,(H,19,20). The molecule has 0 amide bonds. The molecule has 0 aliphatic heterocycles. The second kappa shape index (κ2) is 6.25. The van der Waals surface area contributed by atoms with Crippen LogP contribution in [0.1, 0.15) is 17.0 Å². The Balaban J connectivity index is 2.37. The molecular formula is C15H11Cl2FO2. The summed E-state index contributed by atoms with van der Waals surface area (Å²) >= 11 is 11.7. The number of benzene rings is 2. The quantitative estimate of drug-likeness (QED) is 0.899. The first kappa shape index (κ1) is 14.8. The van der Waals surface area contributed by atoms with Crippen molar-refractivity contribution in [2.75, 3.05) is 0 Å². The molecule has 0 heterocycles. The maximum absolute atomic E-state index is 13.9. The molecule has 0 saturated heterocycles. The van der Waals surface area contributed by atoms with Crippen molar-refractivity contribution in [3.63, 3.8) is 0 Å². The maximum atomic E-state index is 13.9. The van der Waals surface area contributed by atoms with Crippen LogP contribution in [-0.4, -0.2) is 11.1 Å². The van der Waals surface area contributed by atoms with Gasteiger partial charge in [0.15, 0.2) is 0 Å². The van der Waals surface area contributed by atoms with Crippen molar-refractivity contribution in [2.24, 2.45) is 0 Å². The van der Waals surface area contributed by atoms with Crippen LogP contribution in [0.15, 0.2) is 42.5 Å². The van der Waals surface area contributed by atoms with E-state index in [1.165, 1.54) is 18.2 Å². The Labute approximate surface area is 125 Å². The van der Waals surface area contributed by atoms with Gasteiger partial charge in [0, 0.05) is 15.6 Å². The molecular weight excluding hydrogens is 302 g/mol. The maximum Gasteiger partial charge on any atom is 0.311 e. The Morgan fingerprint density at radius 3 is 2.35 bits per heavy atom. The number of rotatable bonds is 4. The zero-order valence-corrected chi connectivity index (χ0v) is 11.8. The van der Waals surface area contributed by atoms with Gasteiger partial charge in [0.2, 0.25) is 0 Å². The molecule has 0 bridgehead atoms. The van der Waals surface area contributed by atoms with Gasteiger partial charge in [-0.15, -0.1) is 0 Å². The largest absolute Gasteiger partial charge is 0.481 e. The summed E-state index contributed by atoms with van der Waals surface area (Å²) in [5, 5.41) is 10.0. The van der Waals surface area contributed by atoms with Gasteiger partial charge in [-0.25, -0.2) is 4.39 Å². The van der Waals surface area contributed by atoms with E-state index in [9.17, 15) is 14.3 Å². The van der Waals surface area contributed by atoms with E-state index in [4.69, 9.17) is 23.2 Å². The van der Waals surface area contributed by atoms with Crippen LogP contribution < -0.4 is 0 Å². The zero-order valence-electron chi connectivity index (χ0n) is 10.3. The summed E-state index contributed by atoms with van der Waals surface area (Å²) in [5.74, 6) is -2.77. The van der Waals surface area contributed by atoms with Gasteiger partial charge in [-0.05, 0) is 36.2 Å². The first-order valence-corrected chi connectivity index (χ1v) is 6.66. The first-order valence-electron chi connectivity index (χ1n) is 5.90. The molecule has 0 aliphatic rings. The van der Waals surface area contributed by atoms with Crippen molar-refractivity contribution in [1.82, 2.24) is 0 Å². The molecule has 2 aromatic rings. The van der Waals surface area contributed by atoms with E-state index in [2.05, 4.69) is 0 Å². The Morgan fingerprint density at radius 1 is 1.15 bits per heavy atom. The lowest BCUT2D eigenvalue weighted by Gasteiger charge is -2.15. The van der Waals surface area contributed by atoms with Crippen LogP contribution in [0.3, 0.4) is 0 Å². The molecule has 0 spiro atoms. The molecule has 104 valence electrons. The number of hydrogen-bond acceptors (Lipinski definition) is 1. The predicted molar refractivity (Wildman–Crippen MR) is 76.9 cm³/mol. The highest BCUT2D eigenvalue weighted by atomic mass is 35.5. The van der Waals surface area contributed by atoms with Crippen molar-refractivity contribution in [3.8, 4) is 0 Å². The van der Waals surface area contributed by atoms with Gasteiger partial charge in [-0.3, -0.25) is 4.79 Å². The molecule has 2 nitrogen and oxygen atoms in total. The molecule has 0 aromatic heterocycles. The number of carboxylic acids is 1. The fraction of sp³-hybridized carbons (Fsp3) is 0.133. The molecule has 2 rings (SSSR count). The molecule has 1 unspecified atom stereocenters. The predicted octanol–water partition coefficient (Wildman–Crippen LogP) is 4.54. The van der Waals surface area contributed by atoms with Crippen molar-refractivity contribution >= 4 is 29.2 Å². The summed E-state index contributed by atoms with van der Waals surface area (Å²) in [5.41, 5.74) is 0.762. The van der Waals surface area contributed by atoms with E-state index < -0.39 is 17.7 Å². The molecule has 2 aromatic carbocycles. The SMILES string of the molecule is O=C(O)C(Cc1ccc(Cl)cc1)c1c(F)cccc1Cl. The number of carboxylic acid groups (broad SMARTS) is 1. The number of aliphatic carboxylic acids is 1. The highest BCUT2D eigenvalue weighted by molar-refractivity contribution is 6.31. The minimum absolute atomic E-state index is 0.0108. The van der Waals surface area contributed by atoms with Crippen LogP contribution >= 0.6 is 23.2 Å². The minimum Gasteiger partial charge on any atom is -0.481 e. The molecule has 0 radical (unpaired) electrons. The first-order chi connectivity index (χ1) is 9.49. The van der Waals surface area contributed by atoms with Gasteiger partial charge in [0.05, 0.1) is 5.92 Å². The van der Waals surface area contributed by atoms with Crippen LogP contribution in [0.4, 0.5) is 4.39 Å². The van der Waals surface area contributed by atoms with E-state index in [0.29, 0.717) is 5.02 Å². The zero-order chi connectivity index (χ0) is 14.7. The lowest BCUT2D eigenvalue weighted by atomic mass is 9.91. The second-order valence-corrected chi connectivity index (χ2v) is 5.20. The summed E-state index contributed by atoms with van der Waals surface area (Å²) in [6.45, 7) is 0. The van der Waals surface area contributed by atoms with Gasteiger partial charge in [-0.2, -0.15) is 0 Å². The summed E-state index contributed by atoms with van der Waals surface area (Å²) in [6, 6.07) is 10.9. The molecule has 0 saturated carbocycles. The second-order valence-electron chi connectivity index (χ2n) is 4.36. The van der Waals surface area contributed by atoms with Gasteiger partial charge >= 0.3 is 5.97 Å². The van der Waals surface area contributed by atoms with Gasteiger partial charge in [-0.1, -0.05) is 41.4 Å². The average Bonchev–Trinajstić information content (AvgIpc) is 2.39. The third kappa shape index (κ3) is 3.30. The summed E-state index contributed by atoms with van der Waals surface area (Å²) in [6.07, 6.45) is 0.146. The van der Waals surface area contributed by atoms with Crippen LogP contribution in [0.25, 0.3) is 0 Å². The Bertz CT molecular complexity index is 606. The summed E-state index contributed by atoms with van der Waals surface area (Å²) < 4.78 is 13.9. The van der Waals surface area contributed by atoms with Crippen molar-refractivity contribution in [1.29, 1.82) is 0 Å². The molecule has 0 fully saturated rings. The number of hydrogen-bond donors (Lipinski definition) is 1. The topological polar surface area (TPSA) is 37.3 Å². The highest BCUT2D eigenvalue weighted by Crippen LogP contribution is 2.30. The lowest BCUT2D eigenvalue weighted by Crippen LogP contribution is -2.16. The van der Waals surface area contributed by atoms with Gasteiger partial charge in [0.1, 0.15) is 5.82 Å². The molecule has 20 heavy (non-hydrogen) atoms. The normalized spacial score (nSPS) is 12.2. The number of halogens is 3. The van der Waals surface area contributed by atoms with E-state index in [1.807, 2.05) is 0 Å². The molecule has 1 N–H and O–H groups in total. The van der Waals surface area contributed by atoms with Gasteiger partial charge in [0.25, 0.3) is 0 Å². The Kier molecular flexibility index (Phi) is 4.63. The highest BCUT2D eigenvalue weighted by Gasteiger charge is 2.26. The molecule has 1 atom stereocenters. The van der Waals surface area contributed by atoms with Crippen molar-refractivity contribution < 1.29 is 14.3 Å².